The number of fused-ring (bicyclic) bond motifs is 1. The smallest absolute Gasteiger partial charge is 0.245 e. The summed E-state index contributed by atoms with van der Waals surface area (Å²) in [6.45, 7) is 4.50. The molecule has 176 valence electrons. The van der Waals surface area contributed by atoms with E-state index in [0.717, 1.165) is 5.56 Å². The van der Waals surface area contributed by atoms with Crippen LogP contribution in [0.25, 0.3) is 0 Å². The van der Waals surface area contributed by atoms with Crippen molar-refractivity contribution < 1.29 is 23.5 Å². The summed E-state index contributed by atoms with van der Waals surface area (Å²) >= 11 is 6.46. The minimum Gasteiger partial charge on any atom is -0.467 e. The molecule has 0 fully saturated rings. The maximum absolute atomic E-state index is 13.4. The summed E-state index contributed by atoms with van der Waals surface area (Å²) < 4.78 is 16.3. The molecule has 1 aliphatic heterocycles. The average Bonchev–Trinajstić information content (AvgIpc) is 3.54. The first-order valence-corrected chi connectivity index (χ1v) is 11.3. The fraction of sp³-hybridized carbons (Fsp3) is 0.231. The van der Waals surface area contributed by atoms with Crippen molar-refractivity contribution in [2.45, 2.75) is 18.5 Å². The van der Waals surface area contributed by atoms with E-state index in [1.165, 1.54) is 4.90 Å². The topological polar surface area (TPSA) is 72.2 Å². The molecule has 1 aromatic heterocycles. The second-order valence-electron chi connectivity index (χ2n) is 7.80. The van der Waals surface area contributed by atoms with Crippen LogP contribution in [0, 0.1) is 0 Å². The highest BCUT2D eigenvalue weighted by molar-refractivity contribution is 6.30. The van der Waals surface area contributed by atoms with E-state index in [-0.39, 0.29) is 38.2 Å². The zero-order valence-electron chi connectivity index (χ0n) is 18.6. The molecule has 0 N–H and O–H groups in total. The predicted molar refractivity (Wildman–Crippen MR) is 127 cm³/mol. The van der Waals surface area contributed by atoms with Crippen molar-refractivity contribution in [1.82, 2.24) is 9.80 Å². The number of rotatable bonds is 10. The number of ether oxygens (including phenoxy) is 2. The Bertz CT molecular complexity index is 1130. The number of carbonyl (C=O) groups is 2. The molecule has 0 aliphatic carbocycles. The van der Waals surface area contributed by atoms with Crippen LogP contribution in [0.15, 0.2) is 84.0 Å². The van der Waals surface area contributed by atoms with Crippen molar-refractivity contribution in [3.8, 4) is 11.5 Å². The predicted octanol–water partition coefficient (Wildman–Crippen LogP) is 4.53. The Morgan fingerprint density at radius 1 is 1.00 bits per heavy atom. The number of benzene rings is 2. The molecule has 0 saturated heterocycles. The number of nitrogens with zero attached hydrogens (tertiary/aromatic N) is 2. The lowest BCUT2D eigenvalue weighted by molar-refractivity contribution is -0.140. The van der Waals surface area contributed by atoms with Gasteiger partial charge in [0.1, 0.15) is 17.7 Å². The van der Waals surface area contributed by atoms with E-state index in [1.54, 1.807) is 41.5 Å². The molecule has 2 amide bonds. The average molecular weight is 481 g/mol. The highest BCUT2D eigenvalue weighted by Crippen LogP contribution is 2.33. The summed E-state index contributed by atoms with van der Waals surface area (Å²) in [5, 5.41) is -0.902. The van der Waals surface area contributed by atoms with Crippen LogP contribution in [-0.2, 0) is 22.7 Å². The Kier molecular flexibility index (Phi) is 7.54. The maximum atomic E-state index is 13.4. The van der Waals surface area contributed by atoms with Crippen molar-refractivity contribution in [2.75, 3.05) is 19.9 Å². The molecule has 7 nitrogen and oxygen atoms in total. The molecule has 0 bridgehead atoms. The molecule has 2 heterocycles. The molecule has 8 heteroatoms. The number of alkyl halides is 1. The molecular formula is C26H25ClN2O5. The van der Waals surface area contributed by atoms with Gasteiger partial charge < -0.3 is 23.7 Å². The van der Waals surface area contributed by atoms with Gasteiger partial charge in [-0.25, -0.2) is 0 Å². The maximum Gasteiger partial charge on any atom is 0.245 e. The van der Waals surface area contributed by atoms with Gasteiger partial charge in [0, 0.05) is 13.1 Å². The fourth-order valence-electron chi connectivity index (χ4n) is 3.66. The van der Waals surface area contributed by atoms with Crippen molar-refractivity contribution in [3.63, 3.8) is 0 Å². The van der Waals surface area contributed by atoms with Crippen LogP contribution in [-0.4, -0.2) is 41.5 Å². The highest BCUT2D eigenvalue weighted by Gasteiger charge is 2.27. The van der Waals surface area contributed by atoms with Gasteiger partial charge in [0.2, 0.25) is 18.6 Å². The lowest BCUT2D eigenvalue weighted by atomic mass is 10.1. The monoisotopic (exact) mass is 480 g/mol. The summed E-state index contributed by atoms with van der Waals surface area (Å²) in [6, 6.07) is 18.2. The van der Waals surface area contributed by atoms with Crippen LogP contribution in [0.1, 0.15) is 22.3 Å². The Balaban J connectivity index is 1.51. The number of carbonyl (C=O) groups excluding carboxylic acids is 2. The normalized spacial score (nSPS) is 12.7. The van der Waals surface area contributed by atoms with Gasteiger partial charge >= 0.3 is 0 Å². The third-order valence-corrected chi connectivity index (χ3v) is 5.82. The van der Waals surface area contributed by atoms with Crippen LogP contribution < -0.4 is 9.47 Å². The van der Waals surface area contributed by atoms with Crippen LogP contribution in [0.3, 0.4) is 0 Å². The first-order chi connectivity index (χ1) is 16.5. The number of hydrogen-bond donors (Lipinski definition) is 0. The Morgan fingerprint density at radius 3 is 2.53 bits per heavy atom. The summed E-state index contributed by atoms with van der Waals surface area (Å²) in [4.78, 5) is 29.6. The van der Waals surface area contributed by atoms with E-state index >= 15 is 0 Å². The molecule has 0 radical (unpaired) electrons. The Labute approximate surface area is 203 Å². The number of furan rings is 1. The second-order valence-corrected chi connectivity index (χ2v) is 8.23. The zero-order chi connectivity index (χ0) is 23.9. The SMILES string of the molecule is C=CCN(CC(=O)N(Cc1ccc2c(c1)OCO2)Cc1ccco1)C(=O)C(Cl)c1ccccc1. The third-order valence-electron chi connectivity index (χ3n) is 5.39. The van der Waals surface area contributed by atoms with Crippen LogP contribution >= 0.6 is 11.6 Å². The van der Waals surface area contributed by atoms with Crippen LogP contribution in [0.2, 0.25) is 0 Å². The zero-order valence-corrected chi connectivity index (χ0v) is 19.3. The summed E-state index contributed by atoms with van der Waals surface area (Å²) in [7, 11) is 0. The largest absolute Gasteiger partial charge is 0.467 e. The lowest BCUT2D eigenvalue weighted by Gasteiger charge is -2.28. The molecule has 0 saturated carbocycles. The third kappa shape index (κ3) is 5.61. The molecule has 4 rings (SSSR count). The van der Waals surface area contributed by atoms with Crippen LogP contribution in [0.4, 0.5) is 0 Å². The molecule has 3 aromatic rings. The Morgan fingerprint density at radius 2 is 1.79 bits per heavy atom. The first kappa shape index (κ1) is 23.4. The van der Waals surface area contributed by atoms with E-state index < -0.39 is 5.38 Å². The van der Waals surface area contributed by atoms with Gasteiger partial charge in [-0.05, 0) is 35.4 Å². The minimum atomic E-state index is -0.902. The number of amides is 2. The van der Waals surface area contributed by atoms with Gasteiger partial charge in [0.15, 0.2) is 11.5 Å². The summed E-state index contributed by atoms with van der Waals surface area (Å²) in [5.41, 5.74) is 1.54. The van der Waals surface area contributed by atoms with E-state index in [1.807, 2.05) is 36.4 Å². The van der Waals surface area contributed by atoms with E-state index in [2.05, 4.69) is 6.58 Å². The highest BCUT2D eigenvalue weighted by atomic mass is 35.5. The quantitative estimate of drug-likeness (QED) is 0.315. The lowest BCUT2D eigenvalue weighted by Crippen LogP contribution is -2.43. The van der Waals surface area contributed by atoms with E-state index in [0.29, 0.717) is 29.4 Å². The molecule has 1 aliphatic rings. The standard InChI is InChI=1S/C26H25ClN2O5/c1-2-12-28(26(31)25(27)20-7-4-3-5-8-20)17-24(30)29(16-21-9-6-13-32-21)15-19-10-11-22-23(14-19)34-18-33-22/h2-11,13-14,25H,1,12,15-18H2. The number of hydrogen-bond acceptors (Lipinski definition) is 5. The summed E-state index contributed by atoms with van der Waals surface area (Å²) in [6.07, 6.45) is 3.14. The Hall–Kier alpha value is -3.71. The van der Waals surface area contributed by atoms with E-state index in [9.17, 15) is 9.59 Å². The van der Waals surface area contributed by atoms with Gasteiger partial charge in [0.25, 0.3) is 0 Å². The molecule has 0 spiro atoms. The van der Waals surface area contributed by atoms with Gasteiger partial charge in [-0.1, -0.05) is 42.5 Å². The van der Waals surface area contributed by atoms with Gasteiger partial charge in [-0.15, -0.1) is 18.2 Å². The number of halogens is 1. The summed E-state index contributed by atoms with van der Waals surface area (Å²) in [5.74, 6) is 1.34. The molecule has 1 unspecified atom stereocenters. The molecule has 34 heavy (non-hydrogen) atoms. The van der Waals surface area contributed by atoms with E-state index in [4.69, 9.17) is 25.5 Å². The van der Waals surface area contributed by atoms with Crippen molar-refractivity contribution in [2.24, 2.45) is 0 Å². The fourth-order valence-corrected chi connectivity index (χ4v) is 3.94. The molecule has 1 atom stereocenters. The van der Waals surface area contributed by atoms with Crippen molar-refractivity contribution in [1.29, 1.82) is 0 Å². The second kappa shape index (κ2) is 10.9. The molecular weight excluding hydrogens is 456 g/mol. The first-order valence-electron chi connectivity index (χ1n) is 10.8. The minimum absolute atomic E-state index is 0.147. The molecule has 2 aromatic carbocycles. The van der Waals surface area contributed by atoms with Gasteiger partial charge in [-0.2, -0.15) is 0 Å². The van der Waals surface area contributed by atoms with Gasteiger partial charge in [-0.3, -0.25) is 9.59 Å². The van der Waals surface area contributed by atoms with Gasteiger partial charge in [0.05, 0.1) is 12.8 Å². The van der Waals surface area contributed by atoms with Crippen molar-refractivity contribution in [3.05, 3.63) is 96.5 Å². The van der Waals surface area contributed by atoms with Crippen molar-refractivity contribution >= 4 is 23.4 Å². The van der Waals surface area contributed by atoms with Crippen LogP contribution in [0.5, 0.6) is 11.5 Å².